The number of furan rings is 1. The quantitative estimate of drug-likeness (QED) is 0.822. The molecule has 0 spiro atoms. The van der Waals surface area contributed by atoms with Crippen molar-refractivity contribution in [2.75, 3.05) is 0 Å². The molecule has 0 radical (unpaired) electrons. The largest absolute Gasteiger partial charge is 0.453 e. The first-order valence-corrected chi connectivity index (χ1v) is 5.06. The monoisotopic (exact) mass is 243 g/mol. The summed E-state index contributed by atoms with van der Waals surface area (Å²) < 4.78 is 6.18. The van der Waals surface area contributed by atoms with Crippen LogP contribution in [0.4, 0.5) is 0 Å². The fraction of sp³-hybridized carbons (Fsp3) is 0.400. The van der Waals surface area contributed by atoms with E-state index in [0.29, 0.717) is 6.04 Å². The fourth-order valence-electron chi connectivity index (χ4n) is 1.11. The summed E-state index contributed by atoms with van der Waals surface area (Å²) in [4.78, 5) is 0. The zero-order valence-electron chi connectivity index (χ0n) is 7.88. The van der Waals surface area contributed by atoms with Gasteiger partial charge in [0.2, 0.25) is 0 Å². The second kappa shape index (κ2) is 4.63. The molecule has 0 aromatic carbocycles. The van der Waals surface area contributed by atoms with Crippen molar-refractivity contribution in [3.63, 3.8) is 0 Å². The van der Waals surface area contributed by atoms with Crippen molar-refractivity contribution in [1.29, 1.82) is 0 Å². The first-order valence-electron chi connectivity index (χ1n) is 4.27. The third-order valence-corrected chi connectivity index (χ3v) is 2.31. The zero-order chi connectivity index (χ0) is 9.84. The van der Waals surface area contributed by atoms with Gasteiger partial charge in [0.05, 0.1) is 6.04 Å². The molecule has 0 aliphatic carbocycles. The molecule has 0 fully saturated rings. The maximum absolute atomic E-state index is 5.41. The second-order valence-electron chi connectivity index (χ2n) is 3.05. The first kappa shape index (κ1) is 10.5. The molecule has 0 bridgehead atoms. The minimum Gasteiger partial charge on any atom is -0.453 e. The van der Waals surface area contributed by atoms with Gasteiger partial charge in [-0.3, -0.25) is 0 Å². The Kier molecular flexibility index (Phi) is 3.75. The third kappa shape index (κ3) is 3.01. The lowest BCUT2D eigenvalue weighted by atomic mass is 10.2. The molecule has 1 heterocycles. The summed E-state index contributed by atoms with van der Waals surface area (Å²) in [5.74, 6) is 0.931. The van der Waals surface area contributed by atoms with Crippen LogP contribution in [0, 0.1) is 0 Å². The summed E-state index contributed by atoms with van der Waals surface area (Å²) in [6.45, 7) is 7.83. The van der Waals surface area contributed by atoms with E-state index >= 15 is 0 Å². The van der Waals surface area contributed by atoms with Crippen LogP contribution in [-0.4, -0.2) is 6.04 Å². The molecule has 1 N–H and O–H groups in total. The van der Waals surface area contributed by atoms with Gasteiger partial charge in [0.15, 0.2) is 4.67 Å². The van der Waals surface area contributed by atoms with Gasteiger partial charge >= 0.3 is 0 Å². The summed E-state index contributed by atoms with van der Waals surface area (Å²) in [5, 5.41) is 3.33. The molecule has 0 aliphatic rings. The Hall–Kier alpha value is -0.540. The fourth-order valence-corrected chi connectivity index (χ4v) is 1.42. The molecule has 1 rings (SSSR count). The van der Waals surface area contributed by atoms with Crippen molar-refractivity contribution in [2.45, 2.75) is 25.9 Å². The van der Waals surface area contributed by atoms with Crippen molar-refractivity contribution in [1.82, 2.24) is 5.32 Å². The van der Waals surface area contributed by atoms with Crippen LogP contribution in [0.2, 0.25) is 0 Å². The molecule has 0 saturated heterocycles. The van der Waals surface area contributed by atoms with Crippen LogP contribution in [0.1, 0.15) is 25.6 Å². The lowest BCUT2D eigenvalue weighted by Gasteiger charge is -2.14. The van der Waals surface area contributed by atoms with E-state index in [4.69, 9.17) is 4.42 Å². The lowest BCUT2D eigenvalue weighted by molar-refractivity contribution is 0.408. The predicted molar refractivity (Wildman–Crippen MR) is 57.6 cm³/mol. The predicted octanol–water partition coefficient (Wildman–Crippen LogP) is 3.27. The van der Waals surface area contributed by atoms with Gasteiger partial charge in [-0.2, -0.15) is 0 Å². The Morgan fingerprint density at radius 2 is 2.23 bits per heavy atom. The van der Waals surface area contributed by atoms with Crippen molar-refractivity contribution >= 4 is 15.9 Å². The van der Waals surface area contributed by atoms with Gasteiger partial charge < -0.3 is 9.73 Å². The van der Waals surface area contributed by atoms with Crippen LogP contribution >= 0.6 is 15.9 Å². The highest BCUT2D eigenvalue weighted by Crippen LogP contribution is 2.20. The van der Waals surface area contributed by atoms with E-state index in [-0.39, 0.29) is 6.04 Å². The molecule has 2 unspecified atom stereocenters. The number of halogens is 1. The highest BCUT2D eigenvalue weighted by Gasteiger charge is 2.10. The maximum Gasteiger partial charge on any atom is 0.169 e. The summed E-state index contributed by atoms with van der Waals surface area (Å²) in [7, 11) is 0. The highest BCUT2D eigenvalue weighted by atomic mass is 79.9. The molecule has 0 aliphatic heterocycles. The molecule has 2 atom stereocenters. The van der Waals surface area contributed by atoms with Gasteiger partial charge in [-0.05, 0) is 41.9 Å². The molecule has 1 aromatic heterocycles. The summed E-state index contributed by atoms with van der Waals surface area (Å²) in [6.07, 6.45) is 1.87. The van der Waals surface area contributed by atoms with Gasteiger partial charge in [0.25, 0.3) is 0 Å². The van der Waals surface area contributed by atoms with Gasteiger partial charge in [-0.25, -0.2) is 0 Å². The van der Waals surface area contributed by atoms with Crippen molar-refractivity contribution in [3.05, 3.63) is 35.2 Å². The van der Waals surface area contributed by atoms with E-state index in [1.165, 1.54) is 0 Å². The minimum atomic E-state index is 0.208. The van der Waals surface area contributed by atoms with E-state index in [2.05, 4.69) is 41.7 Å². The van der Waals surface area contributed by atoms with Crippen LogP contribution in [-0.2, 0) is 0 Å². The number of hydrogen-bond donors (Lipinski definition) is 1. The van der Waals surface area contributed by atoms with Crippen molar-refractivity contribution in [2.24, 2.45) is 0 Å². The molecule has 0 amide bonds. The van der Waals surface area contributed by atoms with Crippen molar-refractivity contribution < 1.29 is 4.42 Å². The summed E-state index contributed by atoms with van der Waals surface area (Å²) >= 11 is 3.27. The highest BCUT2D eigenvalue weighted by molar-refractivity contribution is 9.10. The van der Waals surface area contributed by atoms with Gasteiger partial charge in [0.1, 0.15) is 5.76 Å². The Morgan fingerprint density at radius 1 is 1.54 bits per heavy atom. The van der Waals surface area contributed by atoms with Crippen LogP contribution in [0.5, 0.6) is 0 Å². The average Bonchev–Trinajstić information content (AvgIpc) is 2.51. The Labute approximate surface area is 87.1 Å². The molecular formula is C10H14BrNO. The normalized spacial score (nSPS) is 15.3. The second-order valence-corrected chi connectivity index (χ2v) is 3.84. The molecule has 2 nitrogen and oxygen atoms in total. The topological polar surface area (TPSA) is 25.2 Å². The number of nitrogens with one attached hydrogen (secondary N) is 1. The van der Waals surface area contributed by atoms with E-state index in [9.17, 15) is 0 Å². The standard InChI is InChI=1S/C10H14BrNO/c1-4-7(2)12-8(3)9-5-6-10(11)13-9/h4-8,12H,1H2,2-3H3. The minimum absolute atomic E-state index is 0.208. The first-order chi connectivity index (χ1) is 6.13. The molecule has 1 aromatic rings. The summed E-state index contributed by atoms with van der Waals surface area (Å²) in [5.41, 5.74) is 0. The Balaban J connectivity index is 2.57. The van der Waals surface area contributed by atoms with Crippen LogP contribution in [0.15, 0.2) is 33.9 Å². The zero-order valence-corrected chi connectivity index (χ0v) is 9.47. The Bertz CT molecular complexity index is 282. The molecule has 3 heteroatoms. The van der Waals surface area contributed by atoms with Gasteiger partial charge in [-0.15, -0.1) is 6.58 Å². The lowest BCUT2D eigenvalue weighted by Crippen LogP contribution is -2.26. The summed E-state index contributed by atoms with van der Waals surface area (Å²) in [6, 6.07) is 4.35. The van der Waals surface area contributed by atoms with E-state index < -0.39 is 0 Å². The smallest absolute Gasteiger partial charge is 0.169 e. The maximum atomic E-state index is 5.41. The van der Waals surface area contributed by atoms with Crippen LogP contribution < -0.4 is 5.32 Å². The van der Waals surface area contributed by atoms with Crippen LogP contribution in [0.25, 0.3) is 0 Å². The number of hydrogen-bond acceptors (Lipinski definition) is 2. The molecule has 13 heavy (non-hydrogen) atoms. The molecule has 0 saturated carbocycles. The average molecular weight is 244 g/mol. The van der Waals surface area contributed by atoms with Gasteiger partial charge in [0, 0.05) is 6.04 Å². The van der Waals surface area contributed by atoms with E-state index in [1.54, 1.807) is 0 Å². The van der Waals surface area contributed by atoms with E-state index in [0.717, 1.165) is 10.4 Å². The van der Waals surface area contributed by atoms with Gasteiger partial charge in [-0.1, -0.05) is 6.08 Å². The SMILES string of the molecule is C=CC(C)NC(C)c1ccc(Br)o1. The third-order valence-electron chi connectivity index (χ3n) is 1.89. The van der Waals surface area contributed by atoms with E-state index in [1.807, 2.05) is 18.2 Å². The molecular weight excluding hydrogens is 230 g/mol. The van der Waals surface area contributed by atoms with Crippen molar-refractivity contribution in [3.8, 4) is 0 Å². The number of rotatable bonds is 4. The van der Waals surface area contributed by atoms with Crippen LogP contribution in [0.3, 0.4) is 0 Å². The molecule has 72 valence electrons. The Morgan fingerprint density at radius 3 is 2.69 bits per heavy atom.